The molecule has 0 saturated carbocycles. The molecular formula is C63H34N4O3. The van der Waals surface area contributed by atoms with Crippen LogP contribution in [0.15, 0.2) is 220 Å². The summed E-state index contributed by atoms with van der Waals surface area (Å²) in [6.07, 6.45) is 0. The van der Waals surface area contributed by atoms with Crippen molar-refractivity contribution in [2.75, 3.05) is 0 Å². The van der Waals surface area contributed by atoms with Gasteiger partial charge in [-0.1, -0.05) is 121 Å². The Kier molecular flexibility index (Phi) is 7.49. The van der Waals surface area contributed by atoms with Crippen LogP contribution in [0.25, 0.3) is 160 Å². The Morgan fingerprint density at radius 3 is 1.56 bits per heavy atom. The van der Waals surface area contributed by atoms with E-state index in [9.17, 15) is 0 Å². The number of hydrogen-bond acceptors (Lipinski definition) is 6. The summed E-state index contributed by atoms with van der Waals surface area (Å²) >= 11 is 0. The molecule has 0 atom stereocenters. The first-order chi connectivity index (χ1) is 34.6. The number of hydrogen-bond donors (Lipinski definition) is 0. The summed E-state index contributed by atoms with van der Waals surface area (Å²) in [5.74, 6) is 1.55. The fourth-order valence-electron chi connectivity index (χ4n) is 11.2. The van der Waals surface area contributed by atoms with Crippen molar-refractivity contribution >= 4 is 120 Å². The molecule has 324 valence electrons. The number of nitrogens with zero attached hydrogens (tertiary/aromatic N) is 4. The Morgan fingerprint density at radius 1 is 0.300 bits per heavy atom. The van der Waals surface area contributed by atoms with E-state index in [0.29, 0.717) is 23.1 Å². The Morgan fingerprint density at radius 2 is 0.843 bits per heavy atom. The largest absolute Gasteiger partial charge is 0.456 e. The monoisotopic (exact) mass is 894 g/mol. The molecule has 0 amide bonds. The molecule has 0 fully saturated rings. The molecule has 0 spiro atoms. The van der Waals surface area contributed by atoms with Gasteiger partial charge in [0.25, 0.3) is 0 Å². The van der Waals surface area contributed by atoms with Crippen molar-refractivity contribution in [2.45, 2.75) is 0 Å². The average Bonchev–Trinajstić information content (AvgIpc) is 4.18. The Bertz CT molecular complexity index is 4820. The lowest BCUT2D eigenvalue weighted by atomic mass is 9.99. The quantitative estimate of drug-likeness (QED) is 0.175. The predicted molar refractivity (Wildman–Crippen MR) is 285 cm³/mol. The molecule has 0 aliphatic heterocycles. The standard InChI is InChI=1S/C63H34N4O3/c1-3-14-37-33-51-47(29-35(37)12-1)48-30-36-13-2-4-15-38(36)34-52(48)67(51)41-25-26-42-40(28-41)32-50(60-59(42)45-18-7-10-22-55(45)70-60)63-65-61(39-24-27-56-49(31-39)43-16-5-8-20-53(43)68-56)64-62(66-63)46-19-11-23-57-58(46)44-17-6-9-21-54(44)69-57/h1-34H. The van der Waals surface area contributed by atoms with Gasteiger partial charge in [0.15, 0.2) is 17.5 Å². The SMILES string of the molecule is c1ccc2cc3c(cc2c1)c1cc2ccccc2cc1n3-c1ccc2c(c1)cc(-c1nc(-c3ccc4oc5ccccc5c4c3)nc(-c3cccc4oc5ccccc5c34)n1)c1oc3ccccc3c12. The lowest BCUT2D eigenvalue weighted by Crippen LogP contribution is -2.01. The van der Waals surface area contributed by atoms with E-state index in [4.69, 9.17) is 28.2 Å². The van der Waals surface area contributed by atoms with Gasteiger partial charge in [0.1, 0.15) is 33.5 Å². The van der Waals surface area contributed by atoms with E-state index >= 15 is 0 Å². The summed E-state index contributed by atoms with van der Waals surface area (Å²) in [6.45, 7) is 0. The van der Waals surface area contributed by atoms with E-state index in [1.165, 1.54) is 32.3 Å². The van der Waals surface area contributed by atoms with Gasteiger partial charge in [-0.05, 0) is 117 Å². The first kappa shape index (κ1) is 37.5. The number of benzene rings is 11. The lowest BCUT2D eigenvalue weighted by Gasteiger charge is -2.13. The molecule has 0 aliphatic rings. The fourth-order valence-corrected chi connectivity index (χ4v) is 11.2. The second-order valence-corrected chi connectivity index (χ2v) is 18.3. The van der Waals surface area contributed by atoms with E-state index in [1.54, 1.807) is 0 Å². The highest BCUT2D eigenvalue weighted by Gasteiger charge is 2.24. The number of para-hydroxylation sites is 3. The minimum Gasteiger partial charge on any atom is -0.456 e. The van der Waals surface area contributed by atoms with E-state index in [0.717, 1.165) is 104 Å². The normalized spacial score (nSPS) is 12.3. The van der Waals surface area contributed by atoms with Crippen LogP contribution < -0.4 is 0 Å². The van der Waals surface area contributed by atoms with Crippen LogP contribution in [0, 0.1) is 0 Å². The van der Waals surface area contributed by atoms with Gasteiger partial charge in [-0.25, -0.2) is 15.0 Å². The van der Waals surface area contributed by atoms with Crippen molar-refractivity contribution in [1.29, 1.82) is 0 Å². The topological polar surface area (TPSA) is 83.0 Å². The van der Waals surface area contributed by atoms with Crippen molar-refractivity contribution in [3.8, 4) is 39.9 Å². The predicted octanol–water partition coefficient (Wildman–Crippen LogP) is 17.1. The van der Waals surface area contributed by atoms with Gasteiger partial charge in [-0.3, -0.25) is 0 Å². The van der Waals surface area contributed by atoms with Gasteiger partial charge in [0.2, 0.25) is 0 Å². The lowest BCUT2D eigenvalue weighted by molar-refractivity contribution is 0.668. The Labute approximate surface area is 397 Å². The van der Waals surface area contributed by atoms with Crippen LogP contribution in [0.5, 0.6) is 0 Å². The third kappa shape index (κ3) is 5.37. The molecule has 70 heavy (non-hydrogen) atoms. The minimum absolute atomic E-state index is 0.494. The van der Waals surface area contributed by atoms with Gasteiger partial charge >= 0.3 is 0 Å². The molecule has 7 nitrogen and oxygen atoms in total. The first-order valence-electron chi connectivity index (χ1n) is 23.5. The number of fused-ring (bicyclic) bond motifs is 16. The average molecular weight is 895 g/mol. The highest BCUT2D eigenvalue weighted by molar-refractivity contribution is 6.23. The molecular weight excluding hydrogens is 861 g/mol. The summed E-state index contributed by atoms with van der Waals surface area (Å²) in [7, 11) is 0. The Hall–Kier alpha value is -9.59. The first-order valence-corrected chi connectivity index (χ1v) is 23.5. The molecule has 11 aromatic carbocycles. The maximum Gasteiger partial charge on any atom is 0.167 e. The van der Waals surface area contributed by atoms with Crippen molar-refractivity contribution < 1.29 is 13.3 Å². The third-order valence-corrected chi connectivity index (χ3v) is 14.4. The van der Waals surface area contributed by atoms with Crippen LogP contribution in [0.4, 0.5) is 0 Å². The molecule has 0 saturated heterocycles. The number of aromatic nitrogens is 4. The van der Waals surface area contributed by atoms with Crippen LogP contribution >= 0.6 is 0 Å². The van der Waals surface area contributed by atoms with E-state index in [2.05, 4.69) is 138 Å². The van der Waals surface area contributed by atoms with Crippen molar-refractivity contribution in [3.63, 3.8) is 0 Å². The zero-order valence-corrected chi connectivity index (χ0v) is 37.1. The summed E-state index contributed by atoms with van der Waals surface area (Å²) in [5, 5.41) is 15.3. The van der Waals surface area contributed by atoms with Crippen molar-refractivity contribution in [1.82, 2.24) is 19.5 Å². The molecule has 5 heterocycles. The molecule has 0 aliphatic carbocycles. The number of furan rings is 3. The molecule has 0 radical (unpaired) electrons. The van der Waals surface area contributed by atoms with Gasteiger partial charge in [0, 0.05) is 59.9 Å². The maximum atomic E-state index is 6.91. The number of rotatable bonds is 4. The van der Waals surface area contributed by atoms with Crippen LogP contribution in [0.3, 0.4) is 0 Å². The summed E-state index contributed by atoms with van der Waals surface area (Å²) < 4.78 is 22.0. The smallest absolute Gasteiger partial charge is 0.167 e. The molecule has 16 aromatic rings. The van der Waals surface area contributed by atoms with Crippen LogP contribution in [0.1, 0.15) is 0 Å². The molecule has 16 rings (SSSR count). The summed E-state index contributed by atoms with van der Waals surface area (Å²) in [4.78, 5) is 16.1. The fraction of sp³-hybridized carbons (Fsp3) is 0. The molecule has 0 unspecified atom stereocenters. The van der Waals surface area contributed by atoms with E-state index < -0.39 is 0 Å². The van der Waals surface area contributed by atoms with Crippen molar-refractivity contribution in [2.24, 2.45) is 0 Å². The van der Waals surface area contributed by atoms with E-state index in [-0.39, 0.29) is 0 Å². The third-order valence-electron chi connectivity index (χ3n) is 14.4. The van der Waals surface area contributed by atoms with Gasteiger partial charge < -0.3 is 17.8 Å². The van der Waals surface area contributed by atoms with Crippen molar-refractivity contribution in [3.05, 3.63) is 206 Å². The van der Waals surface area contributed by atoms with E-state index in [1.807, 2.05) is 72.8 Å². The van der Waals surface area contributed by atoms with Gasteiger partial charge in [0.05, 0.1) is 16.6 Å². The second kappa shape index (κ2) is 14.0. The van der Waals surface area contributed by atoms with Crippen LogP contribution in [-0.2, 0) is 0 Å². The molecule has 0 N–H and O–H groups in total. The Balaban J connectivity index is 0.991. The summed E-state index contributed by atoms with van der Waals surface area (Å²) in [6, 6.07) is 72.3. The highest BCUT2D eigenvalue weighted by Crippen LogP contribution is 2.44. The zero-order chi connectivity index (χ0) is 45.6. The summed E-state index contributed by atoms with van der Waals surface area (Å²) in [5.41, 5.74) is 10.5. The molecule has 7 heteroatoms. The molecule has 0 bridgehead atoms. The zero-order valence-electron chi connectivity index (χ0n) is 37.1. The van der Waals surface area contributed by atoms with Gasteiger partial charge in [-0.15, -0.1) is 0 Å². The van der Waals surface area contributed by atoms with Crippen LogP contribution in [0.2, 0.25) is 0 Å². The van der Waals surface area contributed by atoms with Crippen LogP contribution in [-0.4, -0.2) is 19.5 Å². The van der Waals surface area contributed by atoms with Gasteiger partial charge in [-0.2, -0.15) is 0 Å². The minimum atomic E-state index is 0.494. The maximum absolute atomic E-state index is 6.91. The molecule has 5 aromatic heterocycles. The highest BCUT2D eigenvalue weighted by atomic mass is 16.3. The second-order valence-electron chi connectivity index (χ2n) is 18.3.